The molecule has 1 saturated heterocycles. The van der Waals surface area contributed by atoms with Crippen molar-refractivity contribution < 1.29 is 8.42 Å². The van der Waals surface area contributed by atoms with E-state index in [4.69, 9.17) is 0 Å². The molecular formula is C12H27N3O2S. The van der Waals surface area contributed by atoms with Gasteiger partial charge >= 0.3 is 0 Å². The van der Waals surface area contributed by atoms with Crippen molar-refractivity contribution in [2.75, 3.05) is 45.5 Å². The van der Waals surface area contributed by atoms with Crippen LogP contribution >= 0.6 is 0 Å². The van der Waals surface area contributed by atoms with Gasteiger partial charge in [-0.3, -0.25) is 0 Å². The first-order valence-corrected chi connectivity index (χ1v) is 8.73. The molecule has 0 spiro atoms. The van der Waals surface area contributed by atoms with Crippen LogP contribution in [0, 0.1) is 0 Å². The number of nitrogens with zero attached hydrogens (tertiary/aromatic N) is 2. The Bertz CT molecular complexity index is 320. The van der Waals surface area contributed by atoms with E-state index < -0.39 is 10.0 Å². The third-order valence-corrected chi connectivity index (χ3v) is 4.98. The predicted octanol–water partition coefficient (Wildman–Crippen LogP) is 0.342. The number of hydrogen-bond donors (Lipinski definition) is 1. The minimum absolute atomic E-state index is 0.471. The van der Waals surface area contributed by atoms with E-state index >= 15 is 0 Å². The van der Waals surface area contributed by atoms with Gasteiger partial charge in [-0.05, 0) is 25.9 Å². The highest BCUT2D eigenvalue weighted by molar-refractivity contribution is 7.88. The molecule has 0 aliphatic carbocycles. The lowest BCUT2D eigenvalue weighted by Crippen LogP contribution is -2.46. The minimum atomic E-state index is -2.99. The summed E-state index contributed by atoms with van der Waals surface area (Å²) in [5.41, 5.74) is 0. The summed E-state index contributed by atoms with van der Waals surface area (Å²) in [6.45, 7) is 9.89. The lowest BCUT2D eigenvalue weighted by molar-refractivity contribution is 0.264. The normalized spacial score (nSPS) is 19.6. The second-order valence-corrected chi connectivity index (χ2v) is 6.90. The van der Waals surface area contributed by atoms with Crippen LogP contribution in [0.25, 0.3) is 0 Å². The molecule has 1 N–H and O–H groups in total. The van der Waals surface area contributed by atoms with Gasteiger partial charge in [-0.25, -0.2) is 12.7 Å². The highest BCUT2D eigenvalue weighted by Gasteiger charge is 2.24. The van der Waals surface area contributed by atoms with Gasteiger partial charge in [-0.15, -0.1) is 0 Å². The molecule has 1 fully saturated rings. The Morgan fingerprint density at radius 2 is 1.78 bits per heavy atom. The maximum Gasteiger partial charge on any atom is 0.211 e. The molecule has 1 heterocycles. The minimum Gasteiger partial charge on any atom is -0.313 e. The Morgan fingerprint density at radius 3 is 2.22 bits per heavy atom. The van der Waals surface area contributed by atoms with Crippen LogP contribution in [0.4, 0.5) is 0 Å². The molecule has 1 rings (SSSR count). The Labute approximate surface area is 112 Å². The summed E-state index contributed by atoms with van der Waals surface area (Å²) in [7, 11) is -2.99. The highest BCUT2D eigenvalue weighted by atomic mass is 32.2. The number of nitrogens with one attached hydrogen (secondary N) is 1. The van der Waals surface area contributed by atoms with Crippen molar-refractivity contribution in [2.24, 2.45) is 0 Å². The van der Waals surface area contributed by atoms with Crippen molar-refractivity contribution in [3.05, 3.63) is 0 Å². The van der Waals surface area contributed by atoms with Gasteiger partial charge < -0.3 is 10.2 Å². The Kier molecular flexibility index (Phi) is 6.55. The average molecular weight is 277 g/mol. The summed E-state index contributed by atoms with van der Waals surface area (Å²) in [5, 5.41) is 3.53. The van der Waals surface area contributed by atoms with Gasteiger partial charge in [0.1, 0.15) is 0 Å². The molecule has 0 aromatic rings. The van der Waals surface area contributed by atoms with Crippen molar-refractivity contribution in [3.63, 3.8) is 0 Å². The van der Waals surface area contributed by atoms with E-state index in [0.29, 0.717) is 19.1 Å². The van der Waals surface area contributed by atoms with E-state index in [1.165, 1.54) is 6.26 Å². The van der Waals surface area contributed by atoms with Crippen LogP contribution < -0.4 is 5.32 Å². The molecule has 0 unspecified atom stereocenters. The van der Waals surface area contributed by atoms with Gasteiger partial charge in [0.15, 0.2) is 0 Å². The monoisotopic (exact) mass is 277 g/mol. The summed E-state index contributed by atoms with van der Waals surface area (Å²) in [6.07, 6.45) is 3.14. The first-order chi connectivity index (χ1) is 8.47. The summed E-state index contributed by atoms with van der Waals surface area (Å²) in [5.74, 6) is 0. The first-order valence-electron chi connectivity index (χ1n) is 6.88. The molecule has 0 aromatic heterocycles. The molecule has 0 bridgehead atoms. The molecule has 5 nitrogen and oxygen atoms in total. The fraction of sp³-hybridized carbons (Fsp3) is 1.00. The molecule has 0 radical (unpaired) electrons. The van der Waals surface area contributed by atoms with E-state index in [1.807, 2.05) is 0 Å². The van der Waals surface area contributed by atoms with E-state index in [1.54, 1.807) is 4.31 Å². The molecule has 18 heavy (non-hydrogen) atoms. The maximum atomic E-state index is 11.4. The van der Waals surface area contributed by atoms with Gasteiger partial charge in [0.05, 0.1) is 6.26 Å². The highest BCUT2D eigenvalue weighted by Crippen LogP contribution is 2.12. The van der Waals surface area contributed by atoms with Crippen molar-refractivity contribution >= 4 is 10.0 Å². The van der Waals surface area contributed by atoms with Crippen molar-refractivity contribution in [2.45, 2.75) is 32.7 Å². The molecule has 6 heteroatoms. The van der Waals surface area contributed by atoms with Crippen LogP contribution in [-0.4, -0.2) is 69.2 Å². The van der Waals surface area contributed by atoms with Gasteiger partial charge in [0, 0.05) is 32.2 Å². The Hall–Kier alpha value is -0.170. The summed E-state index contributed by atoms with van der Waals surface area (Å²) < 4.78 is 24.3. The SMILES string of the molecule is CCN(CC)CCNC1CCN(S(C)(=O)=O)CC1. The quantitative estimate of drug-likeness (QED) is 0.729. The van der Waals surface area contributed by atoms with Crippen LogP contribution in [0.1, 0.15) is 26.7 Å². The van der Waals surface area contributed by atoms with Gasteiger partial charge in [0.2, 0.25) is 10.0 Å². The largest absolute Gasteiger partial charge is 0.313 e. The van der Waals surface area contributed by atoms with Gasteiger partial charge in [0.25, 0.3) is 0 Å². The zero-order chi connectivity index (χ0) is 13.6. The van der Waals surface area contributed by atoms with Gasteiger partial charge in [-0.1, -0.05) is 13.8 Å². The zero-order valence-corrected chi connectivity index (χ0v) is 12.7. The number of rotatable bonds is 7. The molecular weight excluding hydrogens is 250 g/mol. The van der Waals surface area contributed by atoms with Crippen molar-refractivity contribution in [1.29, 1.82) is 0 Å². The topological polar surface area (TPSA) is 52.6 Å². The van der Waals surface area contributed by atoms with Gasteiger partial charge in [-0.2, -0.15) is 0 Å². The van der Waals surface area contributed by atoms with Crippen LogP contribution in [-0.2, 0) is 10.0 Å². The molecule has 1 aliphatic heterocycles. The van der Waals surface area contributed by atoms with E-state index in [0.717, 1.165) is 39.0 Å². The number of piperidine rings is 1. The molecule has 1 aliphatic rings. The van der Waals surface area contributed by atoms with Crippen LogP contribution in [0.3, 0.4) is 0 Å². The fourth-order valence-corrected chi connectivity index (χ4v) is 3.23. The lowest BCUT2D eigenvalue weighted by Gasteiger charge is -2.31. The molecule has 0 amide bonds. The maximum absolute atomic E-state index is 11.4. The zero-order valence-electron chi connectivity index (χ0n) is 11.9. The third-order valence-electron chi connectivity index (χ3n) is 3.68. The smallest absolute Gasteiger partial charge is 0.211 e. The summed E-state index contributed by atoms with van der Waals surface area (Å²) in [4.78, 5) is 2.39. The molecule has 0 aromatic carbocycles. The van der Waals surface area contributed by atoms with Crippen LogP contribution in [0.5, 0.6) is 0 Å². The fourth-order valence-electron chi connectivity index (χ4n) is 2.36. The lowest BCUT2D eigenvalue weighted by atomic mass is 10.1. The van der Waals surface area contributed by atoms with Crippen molar-refractivity contribution in [3.8, 4) is 0 Å². The van der Waals surface area contributed by atoms with Crippen molar-refractivity contribution in [1.82, 2.24) is 14.5 Å². The van der Waals surface area contributed by atoms with E-state index in [-0.39, 0.29) is 0 Å². The van der Waals surface area contributed by atoms with Crippen LogP contribution in [0.15, 0.2) is 0 Å². The first kappa shape index (κ1) is 15.9. The Balaban J connectivity index is 2.20. The number of sulfonamides is 1. The second kappa shape index (κ2) is 7.43. The number of likely N-dealkylation sites (N-methyl/N-ethyl adjacent to an activating group) is 1. The molecule has 108 valence electrons. The van der Waals surface area contributed by atoms with Crippen LogP contribution in [0.2, 0.25) is 0 Å². The molecule has 0 atom stereocenters. The second-order valence-electron chi connectivity index (χ2n) is 4.92. The Morgan fingerprint density at radius 1 is 1.22 bits per heavy atom. The average Bonchev–Trinajstić information content (AvgIpc) is 2.34. The van der Waals surface area contributed by atoms with E-state index in [9.17, 15) is 8.42 Å². The predicted molar refractivity (Wildman–Crippen MR) is 75.2 cm³/mol. The standard InChI is InChI=1S/C12H27N3O2S/c1-4-14(5-2)11-8-13-12-6-9-15(10-7-12)18(3,16)17/h12-13H,4-11H2,1-3H3. The third kappa shape index (κ3) is 5.22. The summed E-state index contributed by atoms with van der Waals surface area (Å²) in [6, 6.07) is 0.471. The molecule has 0 saturated carbocycles. The van der Waals surface area contributed by atoms with E-state index in [2.05, 4.69) is 24.1 Å². The number of hydrogen-bond acceptors (Lipinski definition) is 4. The summed E-state index contributed by atoms with van der Waals surface area (Å²) >= 11 is 0.